The van der Waals surface area contributed by atoms with Crippen LogP contribution >= 0.6 is 38.9 Å². The Bertz CT molecular complexity index is 570. The van der Waals surface area contributed by atoms with Gasteiger partial charge in [0.1, 0.15) is 11.9 Å². The third-order valence-corrected chi connectivity index (χ3v) is 4.58. The summed E-state index contributed by atoms with van der Waals surface area (Å²) in [7, 11) is 0. The van der Waals surface area contributed by atoms with E-state index in [1.807, 2.05) is 19.1 Å². The Morgan fingerprint density at radius 2 is 2.05 bits per heavy atom. The molecule has 1 aromatic carbocycles. The minimum atomic E-state index is -0.156. The van der Waals surface area contributed by atoms with E-state index in [0.717, 1.165) is 15.1 Å². The first-order valence-electron chi connectivity index (χ1n) is 5.91. The van der Waals surface area contributed by atoms with Gasteiger partial charge in [0.25, 0.3) is 0 Å². The van der Waals surface area contributed by atoms with Gasteiger partial charge in [-0.15, -0.1) is 11.3 Å². The van der Waals surface area contributed by atoms with Crippen molar-refractivity contribution < 1.29 is 4.74 Å². The molecule has 5 heteroatoms. The van der Waals surface area contributed by atoms with Gasteiger partial charge in [0.15, 0.2) is 0 Å². The van der Waals surface area contributed by atoms with Gasteiger partial charge in [-0.3, -0.25) is 0 Å². The second-order valence-electron chi connectivity index (χ2n) is 4.42. The van der Waals surface area contributed by atoms with Crippen molar-refractivity contribution in [2.75, 3.05) is 0 Å². The predicted octanol–water partition coefficient (Wildman–Crippen LogP) is 4.94. The Morgan fingerprint density at radius 3 is 2.58 bits per heavy atom. The van der Waals surface area contributed by atoms with Crippen LogP contribution in [-0.4, -0.2) is 6.04 Å². The molecule has 1 heterocycles. The summed E-state index contributed by atoms with van der Waals surface area (Å²) in [5.74, 6) is 0.748. The topological polar surface area (TPSA) is 35.2 Å². The van der Waals surface area contributed by atoms with Gasteiger partial charge in [0, 0.05) is 20.8 Å². The fourth-order valence-electron chi connectivity index (χ4n) is 1.74. The Labute approximate surface area is 130 Å². The van der Waals surface area contributed by atoms with Crippen LogP contribution < -0.4 is 10.5 Å². The molecule has 0 fully saturated rings. The molecule has 2 aromatic rings. The molecule has 0 bridgehead atoms. The number of nitrogens with two attached hydrogens (primary N) is 1. The number of ether oxygens (including phenoxy) is 1. The van der Waals surface area contributed by atoms with Crippen molar-refractivity contribution in [2.45, 2.75) is 26.0 Å². The minimum absolute atomic E-state index is 0.0966. The molecular weight excluding hydrogens is 346 g/mol. The van der Waals surface area contributed by atoms with Crippen LogP contribution in [-0.2, 0) is 0 Å². The van der Waals surface area contributed by atoms with Gasteiger partial charge < -0.3 is 10.5 Å². The van der Waals surface area contributed by atoms with E-state index in [4.69, 9.17) is 22.1 Å². The Balaban J connectivity index is 2.26. The average molecular weight is 361 g/mol. The Hall–Kier alpha value is -0.550. The van der Waals surface area contributed by atoms with Crippen LogP contribution in [0.1, 0.15) is 22.8 Å². The van der Waals surface area contributed by atoms with Crippen LogP contribution in [0, 0.1) is 6.92 Å². The number of thiophene rings is 1. The third kappa shape index (κ3) is 3.72. The molecule has 2 unspecified atom stereocenters. The van der Waals surface area contributed by atoms with Crippen molar-refractivity contribution >= 4 is 38.9 Å². The lowest BCUT2D eigenvalue weighted by Crippen LogP contribution is -2.28. The van der Waals surface area contributed by atoms with Gasteiger partial charge in [-0.1, -0.05) is 11.6 Å². The maximum absolute atomic E-state index is 6.05. The number of aryl methyl sites for hydroxylation is 1. The SMILES string of the molecule is Cc1ccc(C(Oc2ccc(Cl)cc2Br)C(C)N)s1. The lowest BCUT2D eigenvalue weighted by molar-refractivity contribution is 0.183. The Kier molecular flexibility index (Phi) is 4.90. The van der Waals surface area contributed by atoms with Crippen molar-refractivity contribution in [1.29, 1.82) is 0 Å². The summed E-state index contributed by atoms with van der Waals surface area (Å²) in [5, 5.41) is 0.670. The van der Waals surface area contributed by atoms with Gasteiger partial charge in [0.05, 0.1) is 4.47 Å². The molecule has 0 aliphatic rings. The average Bonchev–Trinajstić information content (AvgIpc) is 2.74. The molecule has 0 aliphatic heterocycles. The first kappa shape index (κ1) is 14.9. The summed E-state index contributed by atoms with van der Waals surface area (Å²) in [6.07, 6.45) is -0.156. The molecule has 0 amide bonds. The second-order valence-corrected chi connectivity index (χ2v) is 7.03. The summed E-state index contributed by atoms with van der Waals surface area (Å²) in [6, 6.07) is 9.52. The van der Waals surface area contributed by atoms with E-state index in [9.17, 15) is 0 Å². The highest BCUT2D eigenvalue weighted by Crippen LogP contribution is 2.34. The van der Waals surface area contributed by atoms with Gasteiger partial charge in [-0.05, 0) is 60.1 Å². The number of halogens is 2. The fraction of sp³-hybridized carbons (Fsp3) is 0.286. The number of hydrogen-bond acceptors (Lipinski definition) is 3. The molecule has 19 heavy (non-hydrogen) atoms. The molecular formula is C14H15BrClNOS. The maximum Gasteiger partial charge on any atom is 0.148 e. The lowest BCUT2D eigenvalue weighted by Gasteiger charge is -2.22. The van der Waals surface area contributed by atoms with Crippen molar-refractivity contribution in [3.8, 4) is 5.75 Å². The van der Waals surface area contributed by atoms with E-state index in [2.05, 4.69) is 35.0 Å². The lowest BCUT2D eigenvalue weighted by atomic mass is 10.1. The Morgan fingerprint density at radius 1 is 1.32 bits per heavy atom. The van der Waals surface area contributed by atoms with Gasteiger partial charge in [-0.25, -0.2) is 0 Å². The summed E-state index contributed by atoms with van der Waals surface area (Å²) in [4.78, 5) is 2.38. The highest BCUT2D eigenvalue weighted by Gasteiger charge is 2.21. The molecule has 0 aliphatic carbocycles. The van der Waals surface area contributed by atoms with Crippen molar-refractivity contribution in [1.82, 2.24) is 0 Å². The molecule has 2 rings (SSSR count). The summed E-state index contributed by atoms with van der Waals surface area (Å²) < 4.78 is 6.87. The normalized spacial score (nSPS) is 14.2. The van der Waals surface area contributed by atoms with E-state index >= 15 is 0 Å². The van der Waals surface area contributed by atoms with Crippen LogP contribution in [0.3, 0.4) is 0 Å². The molecule has 102 valence electrons. The zero-order valence-corrected chi connectivity index (χ0v) is 13.8. The van der Waals surface area contributed by atoms with E-state index in [1.165, 1.54) is 4.88 Å². The quantitative estimate of drug-likeness (QED) is 0.838. The first-order chi connectivity index (χ1) is 8.97. The molecule has 2 nitrogen and oxygen atoms in total. The predicted molar refractivity (Wildman–Crippen MR) is 85.2 cm³/mol. The van der Waals surface area contributed by atoms with E-state index < -0.39 is 0 Å². The zero-order chi connectivity index (χ0) is 14.0. The largest absolute Gasteiger partial charge is 0.482 e. The minimum Gasteiger partial charge on any atom is -0.482 e. The number of hydrogen-bond donors (Lipinski definition) is 1. The molecule has 0 saturated heterocycles. The highest BCUT2D eigenvalue weighted by molar-refractivity contribution is 9.10. The third-order valence-electron chi connectivity index (χ3n) is 2.67. The first-order valence-corrected chi connectivity index (χ1v) is 7.89. The number of rotatable bonds is 4. The summed E-state index contributed by atoms with van der Waals surface area (Å²) in [5.41, 5.74) is 6.05. The van der Waals surface area contributed by atoms with Crippen LogP contribution in [0.4, 0.5) is 0 Å². The smallest absolute Gasteiger partial charge is 0.148 e. The van der Waals surface area contributed by atoms with Crippen molar-refractivity contribution in [3.63, 3.8) is 0 Å². The zero-order valence-electron chi connectivity index (χ0n) is 10.7. The monoisotopic (exact) mass is 359 g/mol. The van der Waals surface area contributed by atoms with E-state index in [0.29, 0.717) is 5.02 Å². The molecule has 0 saturated carbocycles. The van der Waals surface area contributed by atoms with E-state index in [-0.39, 0.29) is 12.1 Å². The number of benzene rings is 1. The standard InChI is InChI=1S/C14H15BrClNOS/c1-8-3-6-13(19-8)14(9(2)17)18-12-5-4-10(16)7-11(12)15/h3-7,9,14H,17H2,1-2H3. The van der Waals surface area contributed by atoms with Crippen molar-refractivity contribution in [3.05, 3.63) is 49.6 Å². The van der Waals surface area contributed by atoms with Gasteiger partial charge in [0.2, 0.25) is 0 Å². The molecule has 0 radical (unpaired) electrons. The van der Waals surface area contributed by atoms with Gasteiger partial charge in [-0.2, -0.15) is 0 Å². The molecule has 2 atom stereocenters. The highest BCUT2D eigenvalue weighted by atomic mass is 79.9. The van der Waals surface area contributed by atoms with Crippen LogP contribution in [0.25, 0.3) is 0 Å². The van der Waals surface area contributed by atoms with Crippen molar-refractivity contribution in [2.24, 2.45) is 5.73 Å². The molecule has 2 N–H and O–H groups in total. The molecule has 0 spiro atoms. The summed E-state index contributed by atoms with van der Waals surface area (Å²) >= 11 is 11.1. The van der Waals surface area contributed by atoms with Crippen LogP contribution in [0.5, 0.6) is 5.75 Å². The van der Waals surface area contributed by atoms with Gasteiger partial charge >= 0.3 is 0 Å². The van der Waals surface area contributed by atoms with E-state index in [1.54, 1.807) is 17.4 Å². The maximum atomic E-state index is 6.05. The summed E-state index contributed by atoms with van der Waals surface area (Å²) in [6.45, 7) is 4.02. The second kappa shape index (κ2) is 6.27. The van der Waals surface area contributed by atoms with Crippen LogP contribution in [0.2, 0.25) is 5.02 Å². The van der Waals surface area contributed by atoms with Crippen LogP contribution in [0.15, 0.2) is 34.8 Å². The fourth-order valence-corrected chi connectivity index (χ4v) is 3.54. The molecule has 1 aromatic heterocycles.